The number of benzene rings is 1. The van der Waals surface area contributed by atoms with Crippen LogP contribution in [0.25, 0.3) is 0 Å². The van der Waals surface area contributed by atoms with E-state index in [1.807, 2.05) is 6.07 Å². The number of hydrogen-bond donors (Lipinski definition) is 2. The highest BCUT2D eigenvalue weighted by Crippen LogP contribution is 2.19. The van der Waals surface area contributed by atoms with Crippen molar-refractivity contribution in [2.24, 2.45) is 5.92 Å². The SMILES string of the molecule is CCC(NCC(O)C(CC)CC)c1cccc(F)c1. The third kappa shape index (κ3) is 4.92. The summed E-state index contributed by atoms with van der Waals surface area (Å²) >= 11 is 0. The summed E-state index contributed by atoms with van der Waals surface area (Å²) in [6.07, 6.45) is 2.50. The average Bonchev–Trinajstić information content (AvgIpc) is 2.41. The van der Waals surface area contributed by atoms with Gasteiger partial charge in [0.15, 0.2) is 0 Å². The van der Waals surface area contributed by atoms with Crippen molar-refractivity contribution in [2.75, 3.05) is 6.54 Å². The molecule has 1 aromatic carbocycles. The molecule has 108 valence electrons. The Kier molecular flexibility index (Phi) is 7.03. The number of nitrogens with one attached hydrogen (secondary N) is 1. The molecule has 0 aliphatic carbocycles. The molecular weight excluding hydrogens is 241 g/mol. The van der Waals surface area contributed by atoms with E-state index in [2.05, 4.69) is 26.1 Å². The molecule has 0 aromatic heterocycles. The summed E-state index contributed by atoms with van der Waals surface area (Å²) < 4.78 is 13.2. The fourth-order valence-corrected chi connectivity index (χ4v) is 2.48. The van der Waals surface area contributed by atoms with Crippen LogP contribution >= 0.6 is 0 Å². The van der Waals surface area contributed by atoms with Gasteiger partial charge >= 0.3 is 0 Å². The first-order valence-corrected chi connectivity index (χ1v) is 7.29. The first-order chi connectivity index (χ1) is 9.12. The third-order valence-electron chi connectivity index (χ3n) is 3.83. The Morgan fingerprint density at radius 3 is 2.37 bits per heavy atom. The third-order valence-corrected chi connectivity index (χ3v) is 3.83. The molecule has 0 bridgehead atoms. The topological polar surface area (TPSA) is 32.3 Å². The first kappa shape index (κ1) is 16.1. The van der Waals surface area contributed by atoms with Crippen LogP contribution in [0.15, 0.2) is 24.3 Å². The van der Waals surface area contributed by atoms with E-state index in [0.717, 1.165) is 24.8 Å². The molecule has 0 amide bonds. The smallest absolute Gasteiger partial charge is 0.123 e. The van der Waals surface area contributed by atoms with Crippen LogP contribution in [0.4, 0.5) is 4.39 Å². The predicted molar refractivity (Wildman–Crippen MR) is 77.5 cm³/mol. The Morgan fingerprint density at radius 1 is 1.16 bits per heavy atom. The van der Waals surface area contributed by atoms with E-state index in [0.29, 0.717) is 12.5 Å². The maximum Gasteiger partial charge on any atom is 0.123 e. The molecule has 0 aliphatic rings. The van der Waals surface area contributed by atoms with E-state index in [-0.39, 0.29) is 18.0 Å². The molecular formula is C16H26FNO. The predicted octanol–water partition coefficient (Wildman–Crippen LogP) is 3.66. The first-order valence-electron chi connectivity index (χ1n) is 7.29. The van der Waals surface area contributed by atoms with Crippen molar-refractivity contribution in [3.8, 4) is 0 Å². The zero-order chi connectivity index (χ0) is 14.3. The van der Waals surface area contributed by atoms with Crippen molar-refractivity contribution in [1.29, 1.82) is 0 Å². The molecule has 0 radical (unpaired) electrons. The van der Waals surface area contributed by atoms with E-state index in [1.54, 1.807) is 12.1 Å². The monoisotopic (exact) mass is 267 g/mol. The highest BCUT2D eigenvalue weighted by atomic mass is 19.1. The standard InChI is InChI=1S/C16H26FNO/c1-4-12(5-2)16(19)11-18-15(6-3)13-8-7-9-14(17)10-13/h7-10,12,15-16,18-19H,4-6,11H2,1-3H3. The maximum atomic E-state index is 13.2. The summed E-state index contributed by atoms with van der Waals surface area (Å²) in [6.45, 7) is 6.82. The Bertz CT molecular complexity index is 366. The van der Waals surface area contributed by atoms with E-state index in [1.165, 1.54) is 6.07 Å². The zero-order valence-electron chi connectivity index (χ0n) is 12.2. The number of aliphatic hydroxyl groups is 1. The summed E-state index contributed by atoms with van der Waals surface area (Å²) in [5.41, 5.74) is 0.944. The lowest BCUT2D eigenvalue weighted by Gasteiger charge is -2.24. The average molecular weight is 267 g/mol. The highest BCUT2D eigenvalue weighted by Gasteiger charge is 2.17. The lowest BCUT2D eigenvalue weighted by atomic mass is 9.96. The van der Waals surface area contributed by atoms with Gasteiger partial charge in [-0.05, 0) is 30.0 Å². The Hall–Kier alpha value is -0.930. The molecule has 2 atom stereocenters. The molecule has 0 fully saturated rings. The maximum absolute atomic E-state index is 13.2. The van der Waals surface area contributed by atoms with Crippen LogP contribution in [0, 0.1) is 11.7 Å². The molecule has 1 rings (SSSR count). The summed E-state index contributed by atoms with van der Waals surface area (Å²) in [7, 11) is 0. The van der Waals surface area contributed by atoms with Gasteiger partial charge in [0.25, 0.3) is 0 Å². The second-order valence-corrected chi connectivity index (χ2v) is 5.07. The summed E-state index contributed by atoms with van der Waals surface area (Å²) in [5, 5.41) is 13.5. The fourth-order valence-electron chi connectivity index (χ4n) is 2.48. The van der Waals surface area contributed by atoms with Gasteiger partial charge in [-0.3, -0.25) is 0 Å². The van der Waals surface area contributed by atoms with E-state index < -0.39 is 0 Å². The molecule has 0 spiro atoms. The number of aliphatic hydroxyl groups excluding tert-OH is 1. The summed E-state index contributed by atoms with van der Waals surface area (Å²) in [5.74, 6) is 0.121. The van der Waals surface area contributed by atoms with Gasteiger partial charge in [-0.2, -0.15) is 0 Å². The molecule has 2 nitrogen and oxygen atoms in total. The second-order valence-electron chi connectivity index (χ2n) is 5.07. The Labute approximate surface area is 116 Å². The van der Waals surface area contributed by atoms with Crippen molar-refractivity contribution >= 4 is 0 Å². The molecule has 2 unspecified atom stereocenters. The molecule has 19 heavy (non-hydrogen) atoms. The van der Waals surface area contributed by atoms with Crippen LogP contribution < -0.4 is 5.32 Å². The van der Waals surface area contributed by atoms with Gasteiger partial charge in [0.1, 0.15) is 5.82 Å². The molecule has 0 saturated heterocycles. The highest BCUT2D eigenvalue weighted by molar-refractivity contribution is 5.20. The largest absolute Gasteiger partial charge is 0.392 e. The molecule has 0 saturated carbocycles. The van der Waals surface area contributed by atoms with Gasteiger partial charge in [0.05, 0.1) is 6.10 Å². The van der Waals surface area contributed by atoms with Gasteiger partial charge in [-0.25, -0.2) is 4.39 Å². The molecule has 0 heterocycles. The van der Waals surface area contributed by atoms with E-state index in [9.17, 15) is 9.50 Å². The number of halogens is 1. The van der Waals surface area contributed by atoms with Crippen molar-refractivity contribution in [2.45, 2.75) is 52.2 Å². The molecule has 2 N–H and O–H groups in total. The molecule has 0 aliphatic heterocycles. The van der Waals surface area contributed by atoms with Crippen LogP contribution in [0.3, 0.4) is 0 Å². The van der Waals surface area contributed by atoms with Crippen LogP contribution in [0.5, 0.6) is 0 Å². The minimum atomic E-state index is -0.336. The Balaban J connectivity index is 2.58. The van der Waals surface area contributed by atoms with Crippen molar-refractivity contribution in [3.63, 3.8) is 0 Å². The van der Waals surface area contributed by atoms with Gasteiger partial charge in [-0.15, -0.1) is 0 Å². The van der Waals surface area contributed by atoms with Crippen molar-refractivity contribution < 1.29 is 9.50 Å². The second kappa shape index (κ2) is 8.28. The van der Waals surface area contributed by atoms with E-state index >= 15 is 0 Å². The van der Waals surface area contributed by atoms with Crippen molar-refractivity contribution in [1.82, 2.24) is 5.32 Å². The quantitative estimate of drug-likeness (QED) is 0.753. The van der Waals surface area contributed by atoms with Gasteiger partial charge in [0.2, 0.25) is 0 Å². The van der Waals surface area contributed by atoms with Crippen LogP contribution in [0.2, 0.25) is 0 Å². The minimum absolute atomic E-state index is 0.0970. The van der Waals surface area contributed by atoms with Crippen LogP contribution in [-0.4, -0.2) is 17.8 Å². The Morgan fingerprint density at radius 2 is 1.84 bits per heavy atom. The number of hydrogen-bond acceptors (Lipinski definition) is 2. The normalized spacial score (nSPS) is 14.6. The zero-order valence-corrected chi connectivity index (χ0v) is 12.2. The summed E-state index contributed by atoms with van der Waals surface area (Å²) in [4.78, 5) is 0. The van der Waals surface area contributed by atoms with Crippen LogP contribution in [-0.2, 0) is 0 Å². The summed E-state index contributed by atoms with van der Waals surface area (Å²) in [6, 6.07) is 6.76. The van der Waals surface area contributed by atoms with Gasteiger partial charge in [-0.1, -0.05) is 45.7 Å². The van der Waals surface area contributed by atoms with Crippen molar-refractivity contribution in [3.05, 3.63) is 35.6 Å². The lowest BCUT2D eigenvalue weighted by molar-refractivity contribution is 0.0980. The fraction of sp³-hybridized carbons (Fsp3) is 0.625. The molecule has 1 aromatic rings. The van der Waals surface area contributed by atoms with E-state index in [4.69, 9.17) is 0 Å². The number of rotatable bonds is 8. The minimum Gasteiger partial charge on any atom is -0.392 e. The van der Waals surface area contributed by atoms with Gasteiger partial charge < -0.3 is 10.4 Å². The van der Waals surface area contributed by atoms with Gasteiger partial charge in [0, 0.05) is 12.6 Å². The molecule has 3 heteroatoms. The van der Waals surface area contributed by atoms with Crippen LogP contribution in [0.1, 0.15) is 51.6 Å². The lowest BCUT2D eigenvalue weighted by Crippen LogP contribution is -2.34.